The first-order chi connectivity index (χ1) is 10.7. The van der Waals surface area contributed by atoms with E-state index in [2.05, 4.69) is 15.5 Å². The molecule has 8 nitrogen and oxygen atoms in total. The van der Waals surface area contributed by atoms with Gasteiger partial charge in [-0.1, -0.05) is 5.16 Å². The Hall–Kier alpha value is -2.19. The van der Waals surface area contributed by atoms with Gasteiger partial charge in [-0.3, -0.25) is 9.69 Å². The lowest BCUT2D eigenvalue weighted by Gasteiger charge is -2.32. The third kappa shape index (κ3) is 3.52. The molecule has 3 heterocycles. The maximum Gasteiger partial charge on any atom is 0.246 e. The number of rotatable bonds is 5. The Bertz CT molecular complexity index is 610. The van der Waals surface area contributed by atoms with E-state index >= 15 is 0 Å². The van der Waals surface area contributed by atoms with Crippen molar-refractivity contribution in [2.24, 2.45) is 0 Å². The molecule has 1 atom stereocenters. The summed E-state index contributed by atoms with van der Waals surface area (Å²) in [7, 11) is 0. The molecule has 0 saturated carbocycles. The van der Waals surface area contributed by atoms with Crippen molar-refractivity contribution < 1.29 is 18.5 Å². The van der Waals surface area contributed by atoms with Gasteiger partial charge in [0.1, 0.15) is 11.8 Å². The summed E-state index contributed by atoms with van der Waals surface area (Å²) in [6.07, 6.45) is 1.58. The predicted octanol–water partition coefficient (Wildman–Crippen LogP) is 0.661. The van der Waals surface area contributed by atoms with E-state index < -0.39 is 0 Å². The Morgan fingerprint density at radius 3 is 3.18 bits per heavy atom. The zero-order valence-electron chi connectivity index (χ0n) is 12.3. The lowest BCUT2D eigenvalue weighted by atomic mass is 10.2. The van der Waals surface area contributed by atoms with Crippen molar-refractivity contribution >= 4 is 5.91 Å². The number of amides is 1. The Morgan fingerprint density at radius 2 is 2.45 bits per heavy atom. The fraction of sp³-hybridized carbons (Fsp3) is 0.500. The molecule has 118 valence electrons. The van der Waals surface area contributed by atoms with Gasteiger partial charge in [-0.2, -0.15) is 4.98 Å². The smallest absolute Gasteiger partial charge is 0.246 e. The second-order valence-electron chi connectivity index (χ2n) is 5.10. The summed E-state index contributed by atoms with van der Waals surface area (Å²) in [6.45, 7) is 4.04. The highest BCUT2D eigenvalue weighted by atomic mass is 16.5. The van der Waals surface area contributed by atoms with Gasteiger partial charge in [0.2, 0.25) is 11.8 Å². The molecule has 1 aliphatic rings. The minimum absolute atomic E-state index is 0.0838. The summed E-state index contributed by atoms with van der Waals surface area (Å²) in [5.41, 5.74) is 0. The van der Waals surface area contributed by atoms with E-state index in [0.29, 0.717) is 38.0 Å². The number of ether oxygens (including phenoxy) is 1. The van der Waals surface area contributed by atoms with Crippen LogP contribution in [0.15, 0.2) is 27.3 Å². The van der Waals surface area contributed by atoms with E-state index in [4.69, 9.17) is 13.7 Å². The van der Waals surface area contributed by atoms with Crippen molar-refractivity contribution in [3.8, 4) is 0 Å². The van der Waals surface area contributed by atoms with Gasteiger partial charge in [-0.05, 0) is 19.1 Å². The van der Waals surface area contributed by atoms with Gasteiger partial charge in [-0.25, -0.2) is 0 Å². The highest BCUT2D eigenvalue weighted by molar-refractivity contribution is 5.78. The summed E-state index contributed by atoms with van der Waals surface area (Å²) in [6, 6.07) is 3.42. The standard InChI is InChI=1S/C14H18N4O4/c1-10-16-14(22-17-10)12-9-20-6-4-18(12)8-13(19)15-7-11-3-2-5-21-11/h2-3,5,12H,4,6-9H2,1H3,(H,15,19)/t12-/m0/s1. The van der Waals surface area contributed by atoms with Crippen molar-refractivity contribution in [1.29, 1.82) is 0 Å². The molecule has 0 bridgehead atoms. The van der Waals surface area contributed by atoms with Gasteiger partial charge in [0, 0.05) is 6.54 Å². The van der Waals surface area contributed by atoms with Crippen LogP contribution in [-0.4, -0.2) is 47.3 Å². The molecule has 3 rings (SSSR count). The van der Waals surface area contributed by atoms with Crippen molar-refractivity contribution in [3.05, 3.63) is 35.9 Å². The van der Waals surface area contributed by atoms with Crippen LogP contribution in [0.1, 0.15) is 23.5 Å². The fourth-order valence-corrected chi connectivity index (χ4v) is 2.34. The second kappa shape index (κ2) is 6.71. The number of carbonyl (C=O) groups is 1. The highest BCUT2D eigenvalue weighted by Crippen LogP contribution is 2.22. The number of aromatic nitrogens is 2. The molecule has 1 aliphatic heterocycles. The first-order valence-electron chi connectivity index (χ1n) is 7.13. The summed E-state index contributed by atoms with van der Waals surface area (Å²) in [5, 5.41) is 6.62. The summed E-state index contributed by atoms with van der Waals surface area (Å²) < 4.78 is 15.9. The van der Waals surface area contributed by atoms with Crippen molar-refractivity contribution in [2.45, 2.75) is 19.5 Å². The molecule has 2 aromatic heterocycles. The van der Waals surface area contributed by atoms with Gasteiger partial charge >= 0.3 is 0 Å². The van der Waals surface area contributed by atoms with E-state index in [1.54, 1.807) is 19.3 Å². The number of morpholine rings is 1. The molecule has 22 heavy (non-hydrogen) atoms. The first kappa shape index (κ1) is 14.7. The van der Waals surface area contributed by atoms with Crippen molar-refractivity contribution in [2.75, 3.05) is 26.3 Å². The second-order valence-corrected chi connectivity index (χ2v) is 5.10. The van der Waals surface area contributed by atoms with Crippen molar-refractivity contribution in [3.63, 3.8) is 0 Å². The summed E-state index contributed by atoms with van der Waals surface area (Å²) in [5.74, 6) is 1.69. The lowest BCUT2D eigenvalue weighted by molar-refractivity contribution is -0.125. The van der Waals surface area contributed by atoms with Crippen LogP contribution in [0.5, 0.6) is 0 Å². The molecule has 0 radical (unpaired) electrons. The van der Waals surface area contributed by atoms with Crippen LogP contribution in [0.4, 0.5) is 0 Å². The summed E-state index contributed by atoms with van der Waals surface area (Å²) in [4.78, 5) is 18.3. The molecule has 0 spiro atoms. The molecular weight excluding hydrogens is 288 g/mol. The molecule has 1 fully saturated rings. The maximum atomic E-state index is 12.1. The molecule has 0 aromatic carbocycles. The van der Waals surface area contributed by atoms with Gasteiger partial charge in [0.15, 0.2) is 5.82 Å². The Morgan fingerprint density at radius 1 is 1.55 bits per heavy atom. The highest BCUT2D eigenvalue weighted by Gasteiger charge is 2.30. The number of hydrogen-bond acceptors (Lipinski definition) is 7. The zero-order valence-corrected chi connectivity index (χ0v) is 12.3. The Balaban J connectivity index is 1.57. The Labute approximate surface area is 127 Å². The number of carbonyl (C=O) groups excluding carboxylic acids is 1. The maximum absolute atomic E-state index is 12.1. The molecule has 1 amide bonds. The quantitative estimate of drug-likeness (QED) is 0.867. The third-order valence-corrected chi connectivity index (χ3v) is 3.45. The largest absolute Gasteiger partial charge is 0.467 e. The molecular formula is C14H18N4O4. The molecule has 0 unspecified atom stereocenters. The zero-order chi connectivity index (χ0) is 15.4. The van der Waals surface area contributed by atoms with Gasteiger partial charge in [0.25, 0.3) is 0 Å². The van der Waals surface area contributed by atoms with E-state index in [9.17, 15) is 4.79 Å². The predicted molar refractivity (Wildman–Crippen MR) is 74.7 cm³/mol. The van der Waals surface area contributed by atoms with Crippen LogP contribution < -0.4 is 5.32 Å². The Kier molecular flexibility index (Phi) is 4.50. The van der Waals surface area contributed by atoms with E-state index in [-0.39, 0.29) is 18.5 Å². The minimum atomic E-state index is -0.190. The van der Waals surface area contributed by atoms with Crippen molar-refractivity contribution in [1.82, 2.24) is 20.4 Å². The van der Waals surface area contributed by atoms with Crippen LogP contribution in [-0.2, 0) is 16.1 Å². The van der Waals surface area contributed by atoms with Gasteiger partial charge < -0.3 is 19.0 Å². The normalized spacial score (nSPS) is 19.2. The lowest BCUT2D eigenvalue weighted by Crippen LogP contribution is -2.45. The van der Waals surface area contributed by atoms with Crippen LogP contribution in [0.2, 0.25) is 0 Å². The monoisotopic (exact) mass is 306 g/mol. The van der Waals surface area contributed by atoms with Gasteiger partial charge in [-0.15, -0.1) is 0 Å². The SMILES string of the molecule is Cc1noc([C@@H]2COCCN2CC(=O)NCc2ccco2)n1. The molecule has 2 aromatic rings. The topological polar surface area (TPSA) is 93.6 Å². The summed E-state index contributed by atoms with van der Waals surface area (Å²) >= 11 is 0. The molecule has 8 heteroatoms. The van der Waals surface area contributed by atoms with E-state index in [1.807, 2.05) is 11.0 Å². The number of nitrogens with one attached hydrogen (secondary N) is 1. The van der Waals surface area contributed by atoms with Crippen LogP contribution in [0.3, 0.4) is 0 Å². The average molecular weight is 306 g/mol. The first-order valence-corrected chi connectivity index (χ1v) is 7.13. The number of furan rings is 1. The number of aryl methyl sites for hydroxylation is 1. The van der Waals surface area contributed by atoms with E-state index in [0.717, 1.165) is 5.76 Å². The van der Waals surface area contributed by atoms with Crippen LogP contribution in [0.25, 0.3) is 0 Å². The van der Waals surface area contributed by atoms with Crippen LogP contribution >= 0.6 is 0 Å². The number of nitrogens with zero attached hydrogens (tertiary/aromatic N) is 3. The average Bonchev–Trinajstić information content (AvgIpc) is 3.17. The van der Waals surface area contributed by atoms with Gasteiger partial charge in [0.05, 0.1) is 32.6 Å². The molecule has 1 saturated heterocycles. The third-order valence-electron chi connectivity index (χ3n) is 3.45. The molecule has 1 N–H and O–H groups in total. The van der Waals surface area contributed by atoms with E-state index in [1.165, 1.54) is 0 Å². The number of hydrogen-bond donors (Lipinski definition) is 1. The molecule has 0 aliphatic carbocycles. The van der Waals surface area contributed by atoms with Crippen LogP contribution in [0, 0.1) is 6.92 Å². The fourth-order valence-electron chi connectivity index (χ4n) is 2.34. The minimum Gasteiger partial charge on any atom is -0.467 e.